The van der Waals surface area contributed by atoms with Crippen molar-refractivity contribution in [3.8, 4) is 0 Å². The molecule has 1 unspecified atom stereocenters. The Labute approximate surface area is 110 Å². The number of allylic oxidation sites excluding steroid dienone is 1. The highest BCUT2D eigenvalue weighted by atomic mass is 19.3. The third-order valence-electron chi connectivity index (χ3n) is 2.80. The number of hydrogen-bond acceptors (Lipinski definition) is 5. The van der Waals surface area contributed by atoms with E-state index in [1.165, 1.54) is 0 Å². The van der Waals surface area contributed by atoms with Crippen LogP contribution in [-0.2, 0) is 9.53 Å². The van der Waals surface area contributed by atoms with E-state index >= 15 is 0 Å². The second-order valence-corrected chi connectivity index (χ2v) is 4.47. The lowest BCUT2D eigenvalue weighted by Gasteiger charge is -2.27. The van der Waals surface area contributed by atoms with Crippen LogP contribution in [0.15, 0.2) is 24.2 Å². The molecule has 0 saturated carbocycles. The van der Waals surface area contributed by atoms with E-state index in [0.29, 0.717) is 12.2 Å². The number of esters is 1. The summed E-state index contributed by atoms with van der Waals surface area (Å²) in [7, 11) is 1.74. The van der Waals surface area contributed by atoms with Crippen molar-refractivity contribution >= 4 is 5.97 Å². The molecule has 0 aromatic carbocycles. The molecular formula is C12H19F2N3O2. The molecule has 0 bridgehead atoms. The zero-order valence-corrected chi connectivity index (χ0v) is 10.8. The summed E-state index contributed by atoms with van der Waals surface area (Å²) in [6.07, 6.45) is 2.47. The number of hydrogen-bond donors (Lipinski definition) is 2. The fraction of sp³-hybridized carbons (Fsp3) is 0.583. The van der Waals surface area contributed by atoms with Crippen molar-refractivity contribution in [1.82, 2.24) is 4.90 Å². The molecule has 5 nitrogen and oxygen atoms in total. The fourth-order valence-electron chi connectivity index (χ4n) is 1.63. The van der Waals surface area contributed by atoms with Gasteiger partial charge in [-0.15, -0.1) is 0 Å². The second kappa shape index (κ2) is 6.63. The lowest BCUT2D eigenvalue weighted by atomic mass is 9.95. The van der Waals surface area contributed by atoms with Crippen LogP contribution >= 0.6 is 0 Å². The minimum Gasteiger partial charge on any atom is -0.428 e. The summed E-state index contributed by atoms with van der Waals surface area (Å²) in [4.78, 5) is 13.5. The zero-order chi connectivity index (χ0) is 14.5. The lowest BCUT2D eigenvalue weighted by Crippen LogP contribution is -2.55. The first-order valence-electron chi connectivity index (χ1n) is 5.99. The Balaban J connectivity index is 2.72. The van der Waals surface area contributed by atoms with Gasteiger partial charge in [-0.3, -0.25) is 0 Å². The third kappa shape index (κ3) is 4.00. The van der Waals surface area contributed by atoms with E-state index in [-0.39, 0.29) is 19.4 Å². The molecule has 7 heteroatoms. The van der Waals surface area contributed by atoms with Gasteiger partial charge in [0.1, 0.15) is 5.76 Å². The summed E-state index contributed by atoms with van der Waals surface area (Å²) in [6, 6.07) is 0. The Morgan fingerprint density at radius 1 is 1.63 bits per heavy atom. The molecule has 1 heterocycles. The van der Waals surface area contributed by atoms with Crippen molar-refractivity contribution < 1.29 is 18.3 Å². The van der Waals surface area contributed by atoms with Gasteiger partial charge in [0.15, 0.2) is 5.54 Å². The maximum Gasteiger partial charge on any atom is 0.337 e. The molecule has 0 saturated heterocycles. The SMILES string of the molecule is CN1C=CCC(OC(=O)C(N)(CCCN)C(F)F)=C1. The molecule has 0 aliphatic carbocycles. The summed E-state index contributed by atoms with van der Waals surface area (Å²) in [6.45, 7) is 0.188. The van der Waals surface area contributed by atoms with Crippen molar-refractivity contribution in [2.75, 3.05) is 13.6 Å². The van der Waals surface area contributed by atoms with Crippen molar-refractivity contribution in [3.63, 3.8) is 0 Å². The maximum atomic E-state index is 13.0. The van der Waals surface area contributed by atoms with Crippen molar-refractivity contribution in [2.24, 2.45) is 11.5 Å². The molecule has 1 aliphatic rings. The largest absolute Gasteiger partial charge is 0.428 e. The quantitative estimate of drug-likeness (QED) is 0.704. The number of nitrogens with zero attached hydrogens (tertiary/aromatic N) is 1. The van der Waals surface area contributed by atoms with E-state index in [1.807, 2.05) is 0 Å². The van der Waals surface area contributed by atoms with E-state index in [2.05, 4.69) is 0 Å². The molecular weight excluding hydrogens is 256 g/mol. The fourth-order valence-corrected chi connectivity index (χ4v) is 1.63. The molecule has 0 amide bonds. The van der Waals surface area contributed by atoms with Gasteiger partial charge in [0.05, 0.1) is 0 Å². The summed E-state index contributed by atoms with van der Waals surface area (Å²) in [5.41, 5.74) is 8.44. The smallest absolute Gasteiger partial charge is 0.337 e. The van der Waals surface area contributed by atoms with Gasteiger partial charge in [-0.2, -0.15) is 0 Å². The molecule has 0 fully saturated rings. The first-order chi connectivity index (χ1) is 8.90. The van der Waals surface area contributed by atoms with Gasteiger partial charge in [0.2, 0.25) is 0 Å². The third-order valence-corrected chi connectivity index (χ3v) is 2.80. The first-order valence-corrected chi connectivity index (χ1v) is 5.99. The van der Waals surface area contributed by atoms with E-state index < -0.39 is 17.9 Å². The first kappa shape index (κ1) is 15.6. The predicted octanol–water partition coefficient (Wildman–Crippen LogP) is 0.922. The monoisotopic (exact) mass is 275 g/mol. The minimum atomic E-state index is -3.00. The number of alkyl halides is 2. The average Bonchev–Trinajstić information content (AvgIpc) is 2.35. The van der Waals surface area contributed by atoms with E-state index in [0.717, 1.165) is 0 Å². The molecule has 1 rings (SSSR count). The van der Waals surface area contributed by atoms with Gasteiger partial charge >= 0.3 is 5.97 Å². The Morgan fingerprint density at radius 2 is 2.32 bits per heavy atom. The summed E-state index contributed by atoms with van der Waals surface area (Å²) in [5.74, 6) is -0.830. The molecule has 0 radical (unpaired) electrons. The van der Waals surface area contributed by atoms with Crippen LogP contribution in [0.25, 0.3) is 0 Å². The maximum absolute atomic E-state index is 13.0. The van der Waals surface area contributed by atoms with Crippen molar-refractivity contribution in [1.29, 1.82) is 0 Å². The van der Waals surface area contributed by atoms with Crippen LogP contribution in [0.2, 0.25) is 0 Å². The molecule has 19 heavy (non-hydrogen) atoms. The molecule has 0 aromatic rings. The number of rotatable bonds is 6. The van der Waals surface area contributed by atoms with Crippen molar-refractivity contribution in [3.05, 3.63) is 24.2 Å². The van der Waals surface area contributed by atoms with Gasteiger partial charge < -0.3 is 21.1 Å². The minimum absolute atomic E-state index is 0.188. The highest BCUT2D eigenvalue weighted by Crippen LogP contribution is 2.23. The molecule has 0 spiro atoms. The average molecular weight is 275 g/mol. The summed E-state index contributed by atoms with van der Waals surface area (Å²) < 4.78 is 30.9. The Morgan fingerprint density at radius 3 is 2.84 bits per heavy atom. The number of nitrogens with two attached hydrogens (primary N) is 2. The Hall–Kier alpha value is -1.47. The van der Waals surface area contributed by atoms with Gasteiger partial charge in [-0.25, -0.2) is 13.6 Å². The van der Waals surface area contributed by atoms with Crippen molar-refractivity contribution in [2.45, 2.75) is 31.2 Å². The van der Waals surface area contributed by atoms with Crippen LogP contribution in [0.4, 0.5) is 8.78 Å². The van der Waals surface area contributed by atoms with Gasteiger partial charge in [0, 0.05) is 19.7 Å². The molecule has 4 N–H and O–H groups in total. The van der Waals surface area contributed by atoms with Gasteiger partial charge in [0.25, 0.3) is 6.43 Å². The topological polar surface area (TPSA) is 81.6 Å². The standard InChI is InChI=1S/C12H19F2N3O2/c1-17-7-2-4-9(8-17)19-11(18)12(16,10(13)14)5-3-6-15/h2,7-8,10H,3-6,15-16H2,1H3. The van der Waals surface area contributed by atoms with Crippen LogP contribution in [-0.4, -0.2) is 36.4 Å². The molecule has 1 aliphatic heterocycles. The number of carbonyl (C=O) groups excluding carboxylic acids is 1. The predicted molar refractivity (Wildman–Crippen MR) is 66.9 cm³/mol. The van der Waals surface area contributed by atoms with Gasteiger partial charge in [-0.1, -0.05) is 6.08 Å². The van der Waals surface area contributed by atoms with Crippen LogP contribution in [0.1, 0.15) is 19.3 Å². The van der Waals surface area contributed by atoms with Gasteiger partial charge in [-0.05, 0) is 25.6 Å². The summed E-state index contributed by atoms with van der Waals surface area (Å²) >= 11 is 0. The lowest BCUT2D eigenvalue weighted by molar-refractivity contribution is -0.153. The van der Waals surface area contributed by atoms with Crippen LogP contribution in [0.5, 0.6) is 0 Å². The summed E-state index contributed by atoms with van der Waals surface area (Å²) in [5, 5.41) is 0. The van der Waals surface area contributed by atoms with Crippen LogP contribution in [0.3, 0.4) is 0 Å². The molecule has 0 aromatic heterocycles. The Kier molecular flexibility index (Phi) is 5.44. The zero-order valence-electron chi connectivity index (χ0n) is 10.8. The van der Waals surface area contributed by atoms with E-state index in [9.17, 15) is 13.6 Å². The van der Waals surface area contributed by atoms with E-state index in [4.69, 9.17) is 16.2 Å². The number of ether oxygens (including phenoxy) is 1. The number of halogens is 2. The second-order valence-electron chi connectivity index (χ2n) is 4.47. The normalized spacial score (nSPS) is 18.2. The van der Waals surface area contributed by atoms with Crippen LogP contribution in [0, 0.1) is 0 Å². The van der Waals surface area contributed by atoms with Crippen LogP contribution < -0.4 is 11.5 Å². The highest BCUT2D eigenvalue weighted by Gasteiger charge is 2.45. The Bertz CT molecular complexity index is 385. The number of carbonyl (C=O) groups is 1. The molecule has 1 atom stereocenters. The highest BCUT2D eigenvalue weighted by molar-refractivity contribution is 5.82. The molecule has 108 valence electrons. The van der Waals surface area contributed by atoms with E-state index in [1.54, 1.807) is 30.4 Å².